The van der Waals surface area contributed by atoms with Crippen LogP contribution in [0.25, 0.3) is 0 Å². The van der Waals surface area contributed by atoms with Crippen LogP contribution in [-0.4, -0.2) is 15.7 Å². The third-order valence-electron chi connectivity index (χ3n) is 3.03. The number of nitrogen functional groups attached to an aromatic ring is 1. The van der Waals surface area contributed by atoms with E-state index in [9.17, 15) is 9.18 Å². The van der Waals surface area contributed by atoms with Crippen LogP contribution < -0.4 is 5.73 Å². The van der Waals surface area contributed by atoms with Crippen molar-refractivity contribution in [2.24, 2.45) is 0 Å². The van der Waals surface area contributed by atoms with Crippen molar-refractivity contribution in [2.75, 3.05) is 5.73 Å². The Labute approximate surface area is 116 Å². The number of ether oxygens (including phenoxy) is 1. The minimum atomic E-state index is -0.417. The molecule has 0 aliphatic rings. The number of aryl methyl sites for hydroxylation is 1. The molecule has 0 radical (unpaired) electrons. The summed E-state index contributed by atoms with van der Waals surface area (Å²) in [7, 11) is 0. The van der Waals surface area contributed by atoms with E-state index in [1.165, 1.54) is 16.8 Å². The monoisotopic (exact) mass is 277 g/mol. The highest BCUT2D eigenvalue weighted by atomic mass is 19.1. The van der Waals surface area contributed by atoms with E-state index >= 15 is 0 Å². The zero-order chi connectivity index (χ0) is 14.7. The van der Waals surface area contributed by atoms with Gasteiger partial charge in [0.05, 0.1) is 17.1 Å². The molecule has 2 N–H and O–H groups in total. The van der Waals surface area contributed by atoms with Gasteiger partial charge in [-0.3, -0.25) is 9.48 Å². The summed E-state index contributed by atoms with van der Waals surface area (Å²) in [5, 5.41) is 4.16. The van der Waals surface area contributed by atoms with Crippen LogP contribution in [0.2, 0.25) is 0 Å². The van der Waals surface area contributed by atoms with E-state index in [0.717, 1.165) is 11.3 Å². The summed E-state index contributed by atoms with van der Waals surface area (Å²) in [6.07, 6.45) is 0. The van der Waals surface area contributed by atoms with Crippen molar-refractivity contribution in [2.45, 2.75) is 27.0 Å². The van der Waals surface area contributed by atoms with Crippen LogP contribution in [0.15, 0.2) is 24.3 Å². The number of hydrogen-bond acceptors (Lipinski definition) is 4. The molecule has 6 heteroatoms. The summed E-state index contributed by atoms with van der Waals surface area (Å²) in [5.41, 5.74) is 8.52. The zero-order valence-electron chi connectivity index (χ0n) is 11.4. The fourth-order valence-electron chi connectivity index (χ4n) is 1.78. The number of nitrogens with two attached hydrogens (primary N) is 1. The molecule has 0 saturated heterocycles. The maximum atomic E-state index is 12.7. The molecule has 20 heavy (non-hydrogen) atoms. The quantitative estimate of drug-likeness (QED) is 0.867. The van der Waals surface area contributed by atoms with Gasteiger partial charge in [-0.15, -0.1) is 0 Å². The maximum absolute atomic E-state index is 12.7. The van der Waals surface area contributed by atoms with Crippen LogP contribution in [-0.2, 0) is 22.7 Å². The van der Waals surface area contributed by atoms with Gasteiger partial charge in [-0.2, -0.15) is 5.10 Å². The number of benzene rings is 1. The molecule has 0 unspecified atom stereocenters. The first-order valence-electron chi connectivity index (χ1n) is 6.17. The highest BCUT2D eigenvalue weighted by Gasteiger charge is 2.12. The van der Waals surface area contributed by atoms with Crippen molar-refractivity contribution >= 4 is 11.7 Å². The van der Waals surface area contributed by atoms with Gasteiger partial charge < -0.3 is 10.5 Å². The minimum absolute atomic E-state index is 0.00503. The summed E-state index contributed by atoms with van der Waals surface area (Å²) in [4.78, 5) is 11.7. The van der Waals surface area contributed by atoms with Gasteiger partial charge in [0.2, 0.25) is 0 Å². The molecule has 106 valence electrons. The third-order valence-corrected chi connectivity index (χ3v) is 3.03. The number of aromatic nitrogens is 2. The first-order valence-corrected chi connectivity index (χ1v) is 6.17. The SMILES string of the molecule is Cc1nn(CC(=O)OCc2ccc(F)cc2)c(C)c1N. The van der Waals surface area contributed by atoms with E-state index in [-0.39, 0.29) is 19.0 Å². The van der Waals surface area contributed by atoms with Crippen LogP contribution in [0.1, 0.15) is 17.0 Å². The Hall–Kier alpha value is -2.37. The summed E-state index contributed by atoms with van der Waals surface area (Å²) >= 11 is 0. The summed E-state index contributed by atoms with van der Waals surface area (Å²) in [5.74, 6) is -0.738. The average molecular weight is 277 g/mol. The van der Waals surface area contributed by atoms with Crippen molar-refractivity contribution in [3.8, 4) is 0 Å². The first-order chi connectivity index (χ1) is 9.47. The Morgan fingerprint density at radius 1 is 1.35 bits per heavy atom. The lowest BCUT2D eigenvalue weighted by atomic mass is 10.2. The van der Waals surface area contributed by atoms with Gasteiger partial charge in [-0.1, -0.05) is 12.1 Å². The molecule has 1 aromatic heterocycles. The van der Waals surface area contributed by atoms with Gasteiger partial charge in [0.15, 0.2) is 0 Å². The molecule has 2 rings (SSSR count). The predicted octanol–water partition coefficient (Wildman–Crippen LogP) is 1.96. The van der Waals surface area contributed by atoms with Crippen LogP contribution in [0.5, 0.6) is 0 Å². The molecule has 5 nitrogen and oxygen atoms in total. The maximum Gasteiger partial charge on any atom is 0.328 e. The van der Waals surface area contributed by atoms with Crippen LogP contribution in [0.3, 0.4) is 0 Å². The number of nitrogens with zero attached hydrogens (tertiary/aromatic N) is 2. The smallest absolute Gasteiger partial charge is 0.328 e. The molecule has 0 fully saturated rings. The molecular weight excluding hydrogens is 261 g/mol. The fraction of sp³-hybridized carbons (Fsp3) is 0.286. The second kappa shape index (κ2) is 5.73. The van der Waals surface area contributed by atoms with Gasteiger partial charge in [0.1, 0.15) is 19.0 Å². The topological polar surface area (TPSA) is 70.1 Å². The lowest BCUT2D eigenvalue weighted by Crippen LogP contribution is -2.15. The molecule has 1 heterocycles. The molecule has 0 aliphatic carbocycles. The lowest BCUT2D eigenvalue weighted by Gasteiger charge is -2.06. The van der Waals surface area contributed by atoms with Gasteiger partial charge in [0, 0.05) is 0 Å². The Balaban J connectivity index is 1.92. The molecule has 0 spiro atoms. The largest absolute Gasteiger partial charge is 0.459 e. The summed E-state index contributed by atoms with van der Waals surface area (Å²) < 4.78 is 19.4. The van der Waals surface area contributed by atoms with E-state index in [1.807, 2.05) is 0 Å². The summed E-state index contributed by atoms with van der Waals surface area (Å²) in [6, 6.07) is 5.80. The number of carbonyl (C=O) groups excluding carboxylic acids is 1. The molecule has 0 bridgehead atoms. The normalized spacial score (nSPS) is 10.6. The van der Waals surface area contributed by atoms with Crippen LogP contribution >= 0.6 is 0 Å². The third kappa shape index (κ3) is 3.14. The van der Waals surface area contributed by atoms with E-state index < -0.39 is 5.97 Å². The molecule has 0 saturated carbocycles. The number of anilines is 1. The Morgan fingerprint density at radius 2 is 2.00 bits per heavy atom. The van der Waals surface area contributed by atoms with Gasteiger partial charge in [-0.05, 0) is 31.5 Å². The number of halogens is 1. The second-order valence-electron chi connectivity index (χ2n) is 4.53. The van der Waals surface area contributed by atoms with Crippen molar-refractivity contribution in [3.05, 3.63) is 47.0 Å². The molecular formula is C14H16FN3O2. The average Bonchev–Trinajstić information content (AvgIpc) is 2.66. The second-order valence-corrected chi connectivity index (χ2v) is 4.53. The van der Waals surface area contributed by atoms with Crippen molar-refractivity contribution in [1.82, 2.24) is 9.78 Å². The van der Waals surface area contributed by atoms with E-state index in [4.69, 9.17) is 10.5 Å². The number of rotatable bonds is 4. The van der Waals surface area contributed by atoms with Gasteiger partial charge >= 0.3 is 5.97 Å². The van der Waals surface area contributed by atoms with E-state index in [0.29, 0.717) is 11.4 Å². The van der Waals surface area contributed by atoms with Crippen LogP contribution in [0.4, 0.5) is 10.1 Å². The van der Waals surface area contributed by atoms with Crippen molar-refractivity contribution in [3.63, 3.8) is 0 Å². The minimum Gasteiger partial charge on any atom is -0.459 e. The zero-order valence-corrected chi connectivity index (χ0v) is 11.4. The number of esters is 1. The lowest BCUT2D eigenvalue weighted by molar-refractivity contribution is -0.145. The Kier molecular flexibility index (Phi) is 4.02. The fourth-order valence-corrected chi connectivity index (χ4v) is 1.78. The summed E-state index contributed by atoms with van der Waals surface area (Å²) in [6.45, 7) is 3.68. The Morgan fingerprint density at radius 3 is 2.55 bits per heavy atom. The first kappa shape index (κ1) is 14.0. The molecule has 0 aliphatic heterocycles. The Bertz CT molecular complexity index is 620. The number of hydrogen-bond donors (Lipinski definition) is 1. The van der Waals surface area contributed by atoms with Crippen molar-refractivity contribution in [1.29, 1.82) is 0 Å². The van der Waals surface area contributed by atoms with Gasteiger partial charge in [-0.25, -0.2) is 4.39 Å². The van der Waals surface area contributed by atoms with E-state index in [1.54, 1.807) is 26.0 Å². The van der Waals surface area contributed by atoms with Gasteiger partial charge in [0.25, 0.3) is 0 Å². The number of carbonyl (C=O) groups is 1. The molecule has 0 amide bonds. The molecule has 1 aromatic carbocycles. The highest BCUT2D eigenvalue weighted by Crippen LogP contribution is 2.14. The standard InChI is InChI=1S/C14H16FN3O2/c1-9-14(16)10(2)18(17-9)7-13(19)20-8-11-3-5-12(15)6-4-11/h3-6H,7-8,16H2,1-2H3. The van der Waals surface area contributed by atoms with E-state index in [2.05, 4.69) is 5.10 Å². The van der Waals surface area contributed by atoms with Crippen molar-refractivity contribution < 1.29 is 13.9 Å². The van der Waals surface area contributed by atoms with Crippen LogP contribution in [0, 0.1) is 19.7 Å². The molecule has 0 atom stereocenters. The molecule has 2 aromatic rings. The highest BCUT2D eigenvalue weighted by molar-refractivity contribution is 5.69. The predicted molar refractivity (Wildman–Crippen MR) is 72.3 cm³/mol.